The highest BCUT2D eigenvalue weighted by molar-refractivity contribution is 5.92. The summed E-state index contributed by atoms with van der Waals surface area (Å²) in [6, 6.07) is 4.59. The van der Waals surface area contributed by atoms with Crippen LogP contribution >= 0.6 is 0 Å². The second-order valence-corrected chi connectivity index (χ2v) is 3.59. The monoisotopic (exact) mass is 210 g/mol. The highest BCUT2D eigenvalue weighted by Gasteiger charge is 2.11. The van der Waals surface area contributed by atoms with Crippen LogP contribution in [0.4, 0.5) is 10.1 Å². The Hall–Kier alpha value is -1.42. The zero-order chi connectivity index (χ0) is 11.4. The van der Waals surface area contributed by atoms with Gasteiger partial charge in [-0.25, -0.2) is 4.39 Å². The molecule has 0 aliphatic carbocycles. The van der Waals surface area contributed by atoms with Gasteiger partial charge < -0.3 is 11.1 Å². The highest BCUT2D eigenvalue weighted by atomic mass is 19.1. The quantitative estimate of drug-likeness (QED) is 0.797. The lowest BCUT2D eigenvalue weighted by molar-refractivity contribution is -0.119. The van der Waals surface area contributed by atoms with E-state index in [1.165, 1.54) is 6.07 Å². The van der Waals surface area contributed by atoms with E-state index in [1.54, 1.807) is 26.0 Å². The third-order valence-corrected chi connectivity index (χ3v) is 2.24. The van der Waals surface area contributed by atoms with Crippen LogP contribution in [0.1, 0.15) is 12.5 Å². The molecule has 0 bridgehead atoms. The maximum atomic E-state index is 13.1. The van der Waals surface area contributed by atoms with E-state index in [-0.39, 0.29) is 24.2 Å². The summed E-state index contributed by atoms with van der Waals surface area (Å²) in [5, 5.41) is 2.60. The van der Waals surface area contributed by atoms with Crippen LogP contribution in [0.3, 0.4) is 0 Å². The molecule has 0 fully saturated rings. The molecule has 0 saturated carbocycles. The zero-order valence-corrected chi connectivity index (χ0v) is 8.88. The number of rotatable bonds is 3. The van der Waals surface area contributed by atoms with Gasteiger partial charge in [-0.15, -0.1) is 0 Å². The van der Waals surface area contributed by atoms with Gasteiger partial charge in [-0.1, -0.05) is 13.0 Å². The Morgan fingerprint density at radius 2 is 2.27 bits per heavy atom. The van der Waals surface area contributed by atoms with Crippen LogP contribution in [0.25, 0.3) is 0 Å². The van der Waals surface area contributed by atoms with Crippen LogP contribution in [0.15, 0.2) is 18.2 Å². The largest absolute Gasteiger partial charge is 0.330 e. The molecule has 1 aromatic rings. The van der Waals surface area contributed by atoms with Crippen LogP contribution in [0.2, 0.25) is 0 Å². The number of amides is 1. The summed E-state index contributed by atoms with van der Waals surface area (Å²) in [7, 11) is 0. The van der Waals surface area contributed by atoms with E-state index in [1.807, 2.05) is 0 Å². The topological polar surface area (TPSA) is 55.1 Å². The van der Waals surface area contributed by atoms with Gasteiger partial charge in [-0.2, -0.15) is 0 Å². The molecule has 1 atom stereocenters. The number of aryl methyl sites for hydroxylation is 1. The Labute approximate surface area is 88.5 Å². The predicted molar refractivity (Wildman–Crippen MR) is 58.0 cm³/mol. The average Bonchev–Trinajstić information content (AvgIpc) is 2.22. The smallest absolute Gasteiger partial charge is 0.228 e. The van der Waals surface area contributed by atoms with E-state index in [4.69, 9.17) is 5.73 Å². The third kappa shape index (κ3) is 3.02. The van der Waals surface area contributed by atoms with Crippen molar-refractivity contribution in [1.29, 1.82) is 0 Å². The Balaban J connectivity index is 2.73. The molecule has 0 aromatic heterocycles. The van der Waals surface area contributed by atoms with Gasteiger partial charge in [0.05, 0.1) is 0 Å². The van der Waals surface area contributed by atoms with E-state index in [0.29, 0.717) is 11.3 Å². The molecule has 0 spiro atoms. The fraction of sp³-hybridized carbons (Fsp3) is 0.364. The first-order chi connectivity index (χ1) is 7.04. The minimum Gasteiger partial charge on any atom is -0.330 e. The van der Waals surface area contributed by atoms with Crippen molar-refractivity contribution in [3.63, 3.8) is 0 Å². The molecule has 82 valence electrons. The first kappa shape index (κ1) is 11.7. The van der Waals surface area contributed by atoms with Gasteiger partial charge in [0.1, 0.15) is 5.82 Å². The molecular formula is C11H15FN2O. The van der Waals surface area contributed by atoms with E-state index in [9.17, 15) is 9.18 Å². The van der Waals surface area contributed by atoms with E-state index in [0.717, 1.165) is 0 Å². The number of hydrogen-bond acceptors (Lipinski definition) is 2. The Bertz CT molecular complexity index is 366. The van der Waals surface area contributed by atoms with Crippen molar-refractivity contribution < 1.29 is 9.18 Å². The molecule has 3 nitrogen and oxygen atoms in total. The lowest BCUT2D eigenvalue weighted by Gasteiger charge is -2.10. The molecule has 0 aliphatic heterocycles. The molecule has 1 aromatic carbocycles. The second-order valence-electron chi connectivity index (χ2n) is 3.59. The molecule has 3 N–H and O–H groups in total. The van der Waals surface area contributed by atoms with Crippen molar-refractivity contribution in [1.82, 2.24) is 0 Å². The fourth-order valence-corrected chi connectivity index (χ4v) is 1.04. The highest BCUT2D eigenvalue weighted by Crippen LogP contribution is 2.14. The number of nitrogens with two attached hydrogens (primary N) is 1. The van der Waals surface area contributed by atoms with Gasteiger partial charge in [0.15, 0.2) is 0 Å². The average molecular weight is 210 g/mol. The van der Waals surface area contributed by atoms with Gasteiger partial charge in [-0.05, 0) is 24.6 Å². The van der Waals surface area contributed by atoms with Crippen molar-refractivity contribution in [3.05, 3.63) is 29.6 Å². The Kier molecular flexibility index (Phi) is 3.80. The summed E-state index contributed by atoms with van der Waals surface area (Å²) in [6.07, 6.45) is 0. The lowest BCUT2D eigenvalue weighted by atomic mass is 10.1. The predicted octanol–water partition coefficient (Wildman–Crippen LogP) is 1.67. The molecule has 1 amide bonds. The maximum absolute atomic E-state index is 13.1. The minimum atomic E-state index is -0.326. The summed E-state index contributed by atoms with van der Waals surface area (Å²) in [5.41, 5.74) is 6.36. The number of halogens is 1. The van der Waals surface area contributed by atoms with Crippen molar-refractivity contribution in [2.24, 2.45) is 11.7 Å². The van der Waals surface area contributed by atoms with Gasteiger partial charge in [0.25, 0.3) is 0 Å². The number of carbonyl (C=O) groups is 1. The van der Waals surface area contributed by atoms with Crippen LogP contribution in [-0.4, -0.2) is 12.5 Å². The van der Waals surface area contributed by atoms with E-state index in [2.05, 4.69) is 5.32 Å². The van der Waals surface area contributed by atoms with Crippen LogP contribution in [0.5, 0.6) is 0 Å². The number of hydrogen-bond donors (Lipinski definition) is 2. The van der Waals surface area contributed by atoms with E-state index >= 15 is 0 Å². The lowest BCUT2D eigenvalue weighted by Crippen LogP contribution is -2.26. The molecule has 1 rings (SSSR count). The first-order valence-corrected chi connectivity index (χ1v) is 4.81. The number of carbonyl (C=O) groups excluding carboxylic acids is 1. The molecule has 0 heterocycles. The number of nitrogens with one attached hydrogen (secondary N) is 1. The van der Waals surface area contributed by atoms with Crippen molar-refractivity contribution in [2.75, 3.05) is 11.9 Å². The van der Waals surface area contributed by atoms with Crippen molar-refractivity contribution in [3.8, 4) is 0 Å². The first-order valence-electron chi connectivity index (χ1n) is 4.81. The maximum Gasteiger partial charge on any atom is 0.228 e. The summed E-state index contributed by atoms with van der Waals surface area (Å²) in [5.74, 6) is -0.789. The SMILES string of the molecule is Cc1ccc(NC(=O)C(C)CN)cc1F. The summed E-state index contributed by atoms with van der Waals surface area (Å²) in [4.78, 5) is 11.4. The summed E-state index contributed by atoms with van der Waals surface area (Å²) in [6.45, 7) is 3.67. The Morgan fingerprint density at radius 1 is 1.60 bits per heavy atom. The normalized spacial score (nSPS) is 12.3. The third-order valence-electron chi connectivity index (χ3n) is 2.24. The molecular weight excluding hydrogens is 195 g/mol. The molecule has 15 heavy (non-hydrogen) atoms. The van der Waals surface area contributed by atoms with Gasteiger partial charge in [-0.3, -0.25) is 4.79 Å². The summed E-state index contributed by atoms with van der Waals surface area (Å²) < 4.78 is 13.1. The number of benzene rings is 1. The second kappa shape index (κ2) is 4.89. The minimum absolute atomic E-state index is 0.194. The molecule has 0 aliphatic rings. The van der Waals surface area contributed by atoms with Crippen molar-refractivity contribution in [2.45, 2.75) is 13.8 Å². The summed E-state index contributed by atoms with van der Waals surface area (Å²) >= 11 is 0. The number of anilines is 1. The fourth-order valence-electron chi connectivity index (χ4n) is 1.04. The van der Waals surface area contributed by atoms with Gasteiger partial charge in [0.2, 0.25) is 5.91 Å². The molecule has 4 heteroatoms. The molecule has 0 radical (unpaired) electrons. The standard InChI is InChI=1S/C11H15FN2O/c1-7-3-4-9(5-10(7)12)14-11(15)8(2)6-13/h3-5,8H,6,13H2,1-2H3,(H,14,15). The molecule has 0 saturated heterocycles. The van der Waals surface area contributed by atoms with Gasteiger partial charge >= 0.3 is 0 Å². The van der Waals surface area contributed by atoms with E-state index < -0.39 is 0 Å². The van der Waals surface area contributed by atoms with Crippen LogP contribution < -0.4 is 11.1 Å². The van der Waals surface area contributed by atoms with Gasteiger partial charge in [0, 0.05) is 18.2 Å². The van der Waals surface area contributed by atoms with Crippen LogP contribution in [-0.2, 0) is 4.79 Å². The molecule has 1 unspecified atom stereocenters. The van der Waals surface area contributed by atoms with Crippen LogP contribution in [0, 0.1) is 18.7 Å². The Morgan fingerprint density at radius 3 is 2.80 bits per heavy atom. The van der Waals surface area contributed by atoms with Crippen molar-refractivity contribution >= 4 is 11.6 Å². The zero-order valence-electron chi connectivity index (χ0n) is 8.88.